The zero-order valence-corrected chi connectivity index (χ0v) is 19.8. The molecule has 4 aromatic rings. The van der Waals surface area contributed by atoms with Crippen LogP contribution in [0.25, 0.3) is 11.0 Å². The monoisotopic (exact) mass is 523 g/mol. The van der Waals surface area contributed by atoms with Crippen LogP contribution in [0.3, 0.4) is 0 Å². The minimum absolute atomic E-state index is 0.0760. The number of para-hydroxylation sites is 1. The predicted molar refractivity (Wildman–Crippen MR) is 130 cm³/mol. The molecule has 5 rings (SSSR count). The number of carbonyl (C=O) groups excluding carboxylic acids is 2. The quantitative estimate of drug-likeness (QED) is 0.303. The number of furan rings is 1. The fourth-order valence-corrected chi connectivity index (χ4v) is 4.54. The predicted octanol–water partition coefficient (Wildman–Crippen LogP) is 5.94. The van der Waals surface area contributed by atoms with Gasteiger partial charge in [0, 0.05) is 11.9 Å². The zero-order chi connectivity index (χ0) is 27.2. The number of hydrogen-bond acceptors (Lipinski definition) is 6. The molecule has 2 N–H and O–H groups in total. The van der Waals surface area contributed by atoms with Crippen LogP contribution in [0.4, 0.5) is 13.2 Å². The molecule has 1 atom stereocenters. The smallest absolute Gasteiger partial charge is 0.416 e. The van der Waals surface area contributed by atoms with Gasteiger partial charge in [0.05, 0.1) is 24.3 Å². The Morgan fingerprint density at radius 1 is 1.03 bits per heavy atom. The number of methoxy groups -OCH3 is 1. The lowest BCUT2D eigenvalue weighted by Crippen LogP contribution is -2.30. The van der Waals surface area contributed by atoms with Crippen LogP contribution < -0.4 is 4.74 Å². The van der Waals surface area contributed by atoms with Crippen LogP contribution >= 0.6 is 0 Å². The van der Waals surface area contributed by atoms with Gasteiger partial charge in [0.25, 0.3) is 5.91 Å². The molecule has 7 nitrogen and oxygen atoms in total. The molecule has 1 aliphatic rings. The lowest BCUT2D eigenvalue weighted by Gasteiger charge is -2.27. The van der Waals surface area contributed by atoms with Crippen molar-refractivity contribution in [2.75, 3.05) is 7.11 Å². The Morgan fingerprint density at radius 2 is 1.74 bits per heavy atom. The van der Waals surface area contributed by atoms with E-state index in [-0.39, 0.29) is 29.2 Å². The number of nitrogens with zero attached hydrogens (tertiary/aromatic N) is 1. The van der Waals surface area contributed by atoms with Crippen molar-refractivity contribution in [1.29, 1.82) is 0 Å². The number of ketones is 1. The second-order valence-corrected chi connectivity index (χ2v) is 8.71. The summed E-state index contributed by atoms with van der Waals surface area (Å²) >= 11 is 0. The third-order valence-corrected chi connectivity index (χ3v) is 6.32. The Balaban J connectivity index is 1.59. The zero-order valence-electron chi connectivity index (χ0n) is 19.8. The van der Waals surface area contributed by atoms with Gasteiger partial charge in [-0.15, -0.1) is 0 Å². The van der Waals surface area contributed by atoms with Crippen molar-refractivity contribution in [3.63, 3.8) is 0 Å². The summed E-state index contributed by atoms with van der Waals surface area (Å²) < 4.78 is 50.9. The summed E-state index contributed by atoms with van der Waals surface area (Å²) in [5, 5.41) is 21.2. The van der Waals surface area contributed by atoms with E-state index in [1.165, 1.54) is 49.6 Å². The fourth-order valence-electron chi connectivity index (χ4n) is 4.54. The first-order valence-corrected chi connectivity index (χ1v) is 11.4. The highest BCUT2D eigenvalue weighted by Crippen LogP contribution is 2.42. The number of aliphatic hydroxyl groups is 1. The number of carbonyl (C=O) groups is 2. The van der Waals surface area contributed by atoms with Gasteiger partial charge >= 0.3 is 6.18 Å². The van der Waals surface area contributed by atoms with Crippen LogP contribution in [0.1, 0.15) is 33.3 Å². The van der Waals surface area contributed by atoms with Crippen molar-refractivity contribution in [3.05, 3.63) is 107 Å². The molecule has 38 heavy (non-hydrogen) atoms. The van der Waals surface area contributed by atoms with Crippen molar-refractivity contribution in [2.45, 2.75) is 18.8 Å². The largest absolute Gasteiger partial charge is 0.508 e. The molecule has 0 radical (unpaired) electrons. The van der Waals surface area contributed by atoms with Crippen molar-refractivity contribution in [3.8, 4) is 11.5 Å². The Labute approximate surface area is 214 Å². The molecule has 1 unspecified atom stereocenters. The molecular formula is C28H20F3NO6. The number of alkyl halides is 3. The highest BCUT2D eigenvalue weighted by Gasteiger charge is 2.45. The minimum atomic E-state index is -4.59. The Hall–Kier alpha value is -4.73. The number of aromatic hydroxyl groups is 1. The number of phenols is 1. The number of phenolic OH excluding ortho intramolecular Hbond substituents is 1. The van der Waals surface area contributed by atoms with Gasteiger partial charge in [0.2, 0.25) is 5.78 Å². The molecule has 1 aliphatic heterocycles. The number of halogens is 3. The van der Waals surface area contributed by atoms with Crippen molar-refractivity contribution >= 4 is 22.7 Å². The molecule has 10 heteroatoms. The lowest BCUT2D eigenvalue weighted by atomic mass is 9.94. The Morgan fingerprint density at radius 3 is 2.42 bits per heavy atom. The van der Waals surface area contributed by atoms with Gasteiger partial charge in [-0.3, -0.25) is 9.59 Å². The molecule has 2 heterocycles. The highest BCUT2D eigenvalue weighted by atomic mass is 19.4. The first-order chi connectivity index (χ1) is 18.1. The van der Waals surface area contributed by atoms with E-state index < -0.39 is 35.2 Å². The van der Waals surface area contributed by atoms with E-state index in [4.69, 9.17) is 9.15 Å². The highest BCUT2D eigenvalue weighted by molar-refractivity contribution is 6.16. The first kappa shape index (κ1) is 24.9. The van der Waals surface area contributed by atoms with Crippen molar-refractivity contribution in [2.24, 2.45) is 0 Å². The van der Waals surface area contributed by atoms with E-state index in [0.717, 1.165) is 17.0 Å². The Kier molecular flexibility index (Phi) is 6.10. The average Bonchev–Trinajstić information content (AvgIpc) is 3.44. The van der Waals surface area contributed by atoms with Crippen LogP contribution in [-0.2, 0) is 17.5 Å². The van der Waals surface area contributed by atoms with Gasteiger partial charge in [-0.2, -0.15) is 13.2 Å². The first-order valence-electron chi connectivity index (χ1n) is 11.4. The number of rotatable bonds is 6. The van der Waals surface area contributed by atoms with E-state index in [0.29, 0.717) is 22.3 Å². The maximum atomic E-state index is 13.7. The van der Waals surface area contributed by atoms with Crippen LogP contribution in [0.5, 0.6) is 11.5 Å². The summed E-state index contributed by atoms with van der Waals surface area (Å²) in [7, 11) is 1.44. The number of amides is 1. The van der Waals surface area contributed by atoms with E-state index >= 15 is 0 Å². The van der Waals surface area contributed by atoms with E-state index in [1.54, 1.807) is 18.2 Å². The normalized spacial score (nSPS) is 15.9. The number of aliphatic hydroxyl groups excluding tert-OH is 1. The molecule has 0 spiro atoms. The third kappa shape index (κ3) is 4.34. The van der Waals surface area contributed by atoms with Gasteiger partial charge in [-0.25, -0.2) is 0 Å². The van der Waals surface area contributed by atoms with Gasteiger partial charge in [-0.05, 0) is 47.5 Å². The molecule has 1 amide bonds. The average molecular weight is 523 g/mol. The van der Waals surface area contributed by atoms with Gasteiger partial charge in [0.1, 0.15) is 5.75 Å². The topological polar surface area (TPSA) is 100 Å². The molecular weight excluding hydrogens is 503 g/mol. The number of benzene rings is 3. The minimum Gasteiger partial charge on any atom is -0.508 e. The number of ether oxygens (including phenoxy) is 1. The summed E-state index contributed by atoms with van der Waals surface area (Å²) in [5.41, 5.74) is -0.404. The maximum Gasteiger partial charge on any atom is 0.416 e. The van der Waals surface area contributed by atoms with Crippen molar-refractivity contribution < 1.29 is 42.1 Å². The third-order valence-electron chi connectivity index (χ3n) is 6.32. The Bertz CT molecular complexity index is 1590. The van der Waals surface area contributed by atoms with Crippen LogP contribution in [0.15, 0.2) is 88.5 Å². The fraction of sp³-hybridized carbons (Fsp3) is 0.143. The van der Waals surface area contributed by atoms with Gasteiger partial charge in [0.15, 0.2) is 22.9 Å². The maximum absolute atomic E-state index is 13.7. The second-order valence-electron chi connectivity index (χ2n) is 8.71. The van der Waals surface area contributed by atoms with Crippen molar-refractivity contribution in [1.82, 2.24) is 4.90 Å². The van der Waals surface area contributed by atoms with E-state index in [2.05, 4.69) is 0 Å². The molecule has 0 aliphatic carbocycles. The summed E-state index contributed by atoms with van der Waals surface area (Å²) in [5.74, 6) is -2.41. The van der Waals surface area contributed by atoms with E-state index in [9.17, 15) is 33.0 Å². The number of fused-ring (bicyclic) bond motifs is 1. The molecule has 194 valence electrons. The van der Waals surface area contributed by atoms with Crippen LogP contribution in [0, 0.1) is 0 Å². The number of hydrogen-bond donors (Lipinski definition) is 2. The van der Waals surface area contributed by atoms with Crippen LogP contribution in [-0.4, -0.2) is 33.9 Å². The standard InChI is InChI=1S/C28H20F3NO6/c1-37-20-7-3-5-17-13-21(38-26(17)20)24(34)22-23(16-8-10-19(33)11-9-16)32(27(36)25(22)35)14-15-4-2-6-18(12-15)28(29,30)31/h2-13,23,33,35H,14H2,1H3. The SMILES string of the molecule is COc1cccc2cc(C(=O)C3=C(O)C(=O)N(Cc4cccc(C(F)(F)F)c4)C3c3ccc(O)cc3)oc12. The molecule has 0 bridgehead atoms. The lowest BCUT2D eigenvalue weighted by molar-refractivity contribution is -0.137. The molecule has 3 aromatic carbocycles. The molecule has 0 saturated heterocycles. The molecule has 0 saturated carbocycles. The van der Waals surface area contributed by atoms with E-state index in [1.807, 2.05) is 0 Å². The van der Waals surface area contributed by atoms with Crippen LogP contribution in [0.2, 0.25) is 0 Å². The molecule has 0 fully saturated rings. The summed E-state index contributed by atoms with van der Waals surface area (Å²) in [6.45, 7) is -0.330. The number of Topliss-reactive ketones (excluding diaryl/α,β-unsaturated/α-hetero) is 1. The van der Waals surface area contributed by atoms with Gasteiger partial charge in [-0.1, -0.05) is 36.4 Å². The summed E-state index contributed by atoms with van der Waals surface area (Å²) in [6.07, 6.45) is -4.59. The molecule has 1 aromatic heterocycles. The summed E-state index contributed by atoms with van der Waals surface area (Å²) in [6, 6.07) is 15.4. The summed E-state index contributed by atoms with van der Waals surface area (Å²) in [4.78, 5) is 28.0. The van der Waals surface area contributed by atoms with Gasteiger partial charge < -0.3 is 24.3 Å². The second kappa shape index (κ2) is 9.29.